The van der Waals surface area contributed by atoms with Gasteiger partial charge in [-0.15, -0.1) is 0 Å². The fourth-order valence-electron chi connectivity index (χ4n) is 1.99. The predicted molar refractivity (Wildman–Crippen MR) is 83.5 cm³/mol. The monoisotopic (exact) mass is 305 g/mol. The first-order valence-electron chi connectivity index (χ1n) is 6.31. The van der Waals surface area contributed by atoms with E-state index in [9.17, 15) is 4.79 Å². The number of anilines is 2. The third kappa shape index (κ3) is 3.44. The second-order valence-corrected chi connectivity index (χ2v) is 5.01. The molecule has 6 heteroatoms. The molecule has 0 radical (unpaired) electrons. The Morgan fingerprint density at radius 1 is 1.33 bits per heavy atom. The quantitative estimate of drug-likeness (QED) is 0.880. The van der Waals surface area contributed by atoms with E-state index in [1.165, 1.54) is 13.3 Å². The fraction of sp³-hybridized carbons (Fsp3) is 0.200. The Kier molecular flexibility index (Phi) is 4.65. The Hall–Kier alpha value is -2.27. The van der Waals surface area contributed by atoms with E-state index in [0.29, 0.717) is 28.6 Å². The SMILES string of the molecule is COC(=O)c1ccnc(N(C)Cc2ccc(Cl)cc2)c1N. The van der Waals surface area contributed by atoms with Gasteiger partial charge >= 0.3 is 5.97 Å². The Labute approximate surface area is 128 Å². The van der Waals surface area contributed by atoms with Crippen LogP contribution < -0.4 is 10.6 Å². The summed E-state index contributed by atoms with van der Waals surface area (Å²) in [6.07, 6.45) is 1.54. The van der Waals surface area contributed by atoms with Crippen LogP contribution in [-0.2, 0) is 11.3 Å². The van der Waals surface area contributed by atoms with Crippen molar-refractivity contribution in [1.82, 2.24) is 4.98 Å². The minimum Gasteiger partial charge on any atom is -0.465 e. The number of pyridine rings is 1. The number of benzene rings is 1. The molecule has 0 bridgehead atoms. The van der Waals surface area contributed by atoms with Crippen LogP contribution in [0.25, 0.3) is 0 Å². The number of esters is 1. The van der Waals surface area contributed by atoms with Gasteiger partial charge in [-0.05, 0) is 23.8 Å². The zero-order valence-corrected chi connectivity index (χ0v) is 12.6. The molecule has 2 N–H and O–H groups in total. The van der Waals surface area contributed by atoms with Crippen LogP contribution >= 0.6 is 11.6 Å². The van der Waals surface area contributed by atoms with Crippen LogP contribution in [0, 0.1) is 0 Å². The van der Waals surface area contributed by atoms with E-state index < -0.39 is 5.97 Å². The molecule has 0 saturated carbocycles. The molecule has 0 unspecified atom stereocenters. The number of hydrogen-bond donors (Lipinski definition) is 1. The number of nitrogens with zero attached hydrogens (tertiary/aromatic N) is 2. The Morgan fingerprint density at radius 2 is 2.00 bits per heavy atom. The van der Waals surface area contributed by atoms with Crippen molar-refractivity contribution in [1.29, 1.82) is 0 Å². The summed E-state index contributed by atoms with van der Waals surface area (Å²) in [6.45, 7) is 0.596. The fourth-order valence-corrected chi connectivity index (χ4v) is 2.12. The number of nitrogen functional groups attached to an aromatic ring is 1. The zero-order chi connectivity index (χ0) is 15.4. The summed E-state index contributed by atoms with van der Waals surface area (Å²) < 4.78 is 4.70. The van der Waals surface area contributed by atoms with E-state index >= 15 is 0 Å². The summed E-state index contributed by atoms with van der Waals surface area (Å²) in [6, 6.07) is 9.05. The van der Waals surface area contributed by atoms with E-state index in [2.05, 4.69) is 4.98 Å². The lowest BCUT2D eigenvalue weighted by Gasteiger charge is -2.20. The van der Waals surface area contributed by atoms with Crippen LogP contribution in [0.3, 0.4) is 0 Å². The van der Waals surface area contributed by atoms with E-state index in [0.717, 1.165) is 5.56 Å². The first-order chi connectivity index (χ1) is 10.0. The molecule has 1 aromatic heterocycles. The van der Waals surface area contributed by atoms with Gasteiger partial charge in [-0.3, -0.25) is 0 Å². The predicted octanol–water partition coefficient (Wildman–Crippen LogP) is 2.74. The number of aromatic nitrogens is 1. The first-order valence-corrected chi connectivity index (χ1v) is 6.69. The summed E-state index contributed by atoms with van der Waals surface area (Å²) in [5.74, 6) is 0.0592. The van der Waals surface area contributed by atoms with Crippen LogP contribution in [0.1, 0.15) is 15.9 Å². The lowest BCUT2D eigenvalue weighted by atomic mass is 10.2. The van der Waals surface area contributed by atoms with Gasteiger partial charge in [0, 0.05) is 24.8 Å². The van der Waals surface area contributed by atoms with Gasteiger partial charge in [0.05, 0.1) is 18.4 Å². The van der Waals surface area contributed by atoms with Gasteiger partial charge in [-0.2, -0.15) is 0 Å². The maximum Gasteiger partial charge on any atom is 0.340 e. The molecular weight excluding hydrogens is 290 g/mol. The lowest BCUT2D eigenvalue weighted by Crippen LogP contribution is -2.20. The number of carbonyl (C=O) groups excluding carboxylic acids is 1. The van der Waals surface area contributed by atoms with Gasteiger partial charge in [-0.25, -0.2) is 9.78 Å². The summed E-state index contributed by atoms with van der Waals surface area (Å²) >= 11 is 5.86. The number of nitrogens with two attached hydrogens (primary N) is 1. The molecule has 110 valence electrons. The van der Waals surface area contributed by atoms with Crippen LogP contribution in [0.15, 0.2) is 36.5 Å². The molecule has 0 fully saturated rings. The maximum absolute atomic E-state index is 11.6. The van der Waals surface area contributed by atoms with Crippen LogP contribution in [0.5, 0.6) is 0 Å². The van der Waals surface area contributed by atoms with E-state index in [1.54, 1.807) is 6.07 Å². The van der Waals surface area contributed by atoms with Crippen molar-refractivity contribution in [2.75, 3.05) is 24.8 Å². The number of methoxy groups -OCH3 is 1. The Balaban J connectivity index is 2.25. The molecule has 2 rings (SSSR count). The summed E-state index contributed by atoms with van der Waals surface area (Å²) in [4.78, 5) is 17.7. The Bertz CT molecular complexity index is 644. The van der Waals surface area contributed by atoms with E-state index in [4.69, 9.17) is 22.1 Å². The van der Waals surface area contributed by atoms with Crippen molar-refractivity contribution >= 4 is 29.1 Å². The molecule has 0 aliphatic heterocycles. The summed E-state index contributed by atoms with van der Waals surface area (Å²) in [5.41, 5.74) is 7.69. The van der Waals surface area contributed by atoms with Gasteiger partial charge in [0.1, 0.15) is 0 Å². The van der Waals surface area contributed by atoms with Crippen molar-refractivity contribution in [3.05, 3.63) is 52.7 Å². The summed E-state index contributed by atoms with van der Waals surface area (Å²) in [7, 11) is 3.17. The maximum atomic E-state index is 11.6. The van der Waals surface area contributed by atoms with Crippen molar-refractivity contribution < 1.29 is 9.53 Å². The molecule has 0 spiro atoms. The molecular formula is C15H16ClN3O2. The van der Waals surface area contributed by atoms with Crippen molar-refractivity contribution in [2.45, 2.75) is 6.54 Å². The second kappa shape index (κ2) is 6.45. The highest BCUT2D eigenvalue weighted by Crippen LogP contribution is 2.25. The van der Waals surface area contributed by atoms with Gasteiger partial charge in [0.25, 0.3) is 0 Å². The van der Waals surface area contributed by atoms with Crippen LogP contribution in [0.2, 0.25) is 5.02 Å². The molecule has 1 heterocycles. The van der Waals surface area contributed by atoms with Gasteiger partial charge < -0.3 is 15.4 Å². The molecule has 0 atom stereocenters. The normalized spacial score (nSPS) is 10.2. The third-order valence-corrected chi connectivity index (χ3v) is 3.32. The van der Waals surface area contributed by atoms with E-state index in [1.807, 2.05) is 36.2 Å². The van der Waals surface area contributed by atoms with Gasteiger partial charge in [0.15, 0.2) is 5.82 Å². The lowest BCUT2D eigenvalue weighted by molar-refractivity contribution is 0.0602. The molecule has 0 saturated heterocycles. The molecule has 0 aliphatic rings. The van der Waals surface area contributed by atoms with Gasteiger partial charge in [0.2, 0.25) is 0 Å². The molecule has 21 heavy (non-hydrogen) atoms. The molecule has 0 aliphatic carbocycles. The highest BCUT2D eigenvalue weighted by Gasteiger charge is 2.16. The largest absolute Gasteiger partial charge is 0.465 e. The standard InChI is InChI=1S/C15H16ClN3O2/c1-19(9-10-3-5-11(16)6-4-10)14-13(17)12(7-8-18-14)15(20)21-2/h3-8H,9,17H2,1-2H3. The third-order valence-electron chi connectivity index (χ3n) is 3.07. The first kappa shape index (κ1) is 15.1. The van der Waals surface area contributed by atoms with Crippen LogP contribution in [0.4, 0.5) is 11.5 Å². The van der Waals surface area contributed by atoms with Crippen molar-refractivity contribution in [3.63, 3.8) is 0 Å². The number of ether oxygens (including phenoxy) is 1. The minimum atomic E-state index is -0.476. The van der Waals surface area contributed by atoms with Gasteiger partial charge in [-0.1, -0.05) is 23.7 Å². The number of halogens is 1. The Morgan fingerprint density at radius 3 is 2.62 bits per heavy atom. The highest BCUT2D eigenvalue weighted by molar-refractivity contribution is 6.30. The average molecular weight is 306 g/mol. The zero-order valence-electron chi connectivity index (χ0n) is 11.8. The topological polar surface area (TPSA) is 68.5 Å². The van der Waals surface area contributed by atoms with Crippen molar-refractivity contribution in [3.8, 4) is 0 Å². The van der Waals surface area contributed by atoms with Crippen molar-refractivity contribution in [2.24, 2.45) is 0 Å². The highest BCUT2D eigenvalue weighted by atomic mass is 35.5. The number of hydrogen-bond acceptors (Lipinski definition) is 5. The molecule has 0 amide bonds. The number of rotatable bonds is 4. The van der Waals surface area contributed by atoms with E-state index in [-0.39, 0.29) is 0 Å². The summed E-state index contributed by atoms with van der Waals surface area (Å²) in [5, 5.41) is 0.687. The smallest absolute Gasteiger partial charge is 0.340 e. The number of carbonyl (C=O) groups is 1. The molecule has 5 nitrogen and oxygen atoms in total. The minimum absolute atomic E-state index is 0.306. The molecule has 1 aromatic carbocycles. The van der Waals surface area contributed by atoms with Crippen LogP contribution in [-0.4, -0.2) is 25.1 Å². The second-order valence-electron chi connectivity index (χ2n) is 4.57. The average Bonchev–Trinajstić information content (AvgIpc) is 2.49. The molecule has 2 aromatic rings.